The topological polar surface area (TPSA) is 97.2 Å². The Morgan fingerprint density at radius 1 is 1.30 bits per heavy atom. The summed E-state index contributed by atoms with van der Waals surface area (Å²) >= 11 is 1.33. The zero-order valence-electron chi connectivity index (χ0n) is 15.9. The molecule has 0 fully saturated rings. The number of ether oxygens (including phenoxy) is 1. The maximum absolute atomic E-state index is 12.7. The van der Waals surface area contributed by atoms with Crippen molar-refractivity contribution in [3.05, 3.63) is 45.5 Å². The van der Waals surface area contributed by atoms with Crippen molar-refractivity contribution in [1.29, 1.82) is 0 Å². The molecule has 27 heavy (non-hydrogen) atoms. The van der Waals surface area contributed by atoms with Crippen molar-refractivity contribution in [3.63, 3.8) is 0 Å². The van der Waals surface area contributed by atoms with Gasteiger partial charge in [-0.25, -0.2) is 9.78 Å². The van der Waals surface area contributed by atoms with Gasteiger partial charge in [-0.15, -0.1) is 11.3 Å². The van der Waals surface area contributed by atoms with E-state index in [1.165, 1.54) is 11.3 Å². The van der Waals surface area contributed by atoms with Gasteiger partial charge in [-0.1, -0.05) is 0 Å². The minimum Gasteiger partial charge on any atom is -0.466 e. The maximum Gasteiger partial charge on any atom is 0.340 e. The molecule has 142 valence electrons. The minimum atomic E-state index is -0.440. The summed E-state index contributed by atoms with van der Waals surface area (Å²) in [5, 5.41) is 5.12. The number of nitrogens with one attached hydrogen (secondary N) is 2. The minimum absolute atomic E-state index is 0.277. The zero-order chi connectivity index (χ0) is 19.7. The van der Waals surface area contributed by atoms with Gasteiger partial charge < -0.3 is 14.1 Å². The van der Waals surface area contributed by atoms with Gasteiger partial charge >= 0.3 is 5.97 Å². The SMILES string of the molecule is CCOC(=O)c1c(C)[nH]c(C(=O)Nc2nc(-c3cc(C)oc3C)cs2)c1C. The van der Waals surface area contributed by atoms with Gasteiger partial charge in [0.2, 0.25) is 0 Å². The van der Waals surface area contributed by atoms with Gasteiger partial charge in [-0.3, -0.25) is 10.1 Å². The number of furan rings is 1. The van der Waals surface area contributed by atoms with Crippen molar-refractivity contribution >= 4 is 28.3 Å². The number of nitrogens with zero attached hydrogens (tertiary/aromatic N) is 1. The van der Waals surface area contributed by atoms with E-state index >= 15 is 0 Å². The Labute approximate surface area is 160 Å². The van der Waals surface area contributed by atoms with Crippen LogP contribution in [0.1, 0.15) is 50.5 Å². The molecule has 0 saturated carbocycles. The van der Waals surface area contributed by atoms with E-state index in [0.717, 1.165) is 22.8 Å². The predicted octanol–water partition coefficient (Wildman–Crippen LogP) is 4.39. The molecule has 7 nitrogen and oxygen atoms in total. The summed E-state index contributed by atoms with van der Waals surface area (Å²) in [6.45, 7) is 9.23. The fourth-order valence-corrected chi connectivity index (χ4v) is 3.69. The number of aryl methyl sites for hydroxylation is 3. The second kappa shape index (κ2) is 7.40. The van der Waals surface area contributed by atoms with Gasteiger partial charge in [0.05, 0.1) is 17.9 Å². The molecule has 2 N–H and O–H groups in total. The summed E-state index contributed by atoms with van der Waals surface area (Å²) in [6, 6.07) is 1.92. The van der Waals surface area contributed by atoms with E-state index in [0.29, 0.717) is 27.6 Å². The number of aromatic amines is 1. The third-order valence-electron chi connectivity index (χ3n) is 4.19. The Kier molecular flexibility index (Phi) is 5.18. The number of hydrogen-bond donors (Lipinski definition) is 2. The van der Waals surface area contributed by atoms with Gasteiger partial charge in [0.15, 0.2) is 5.13 Å². The Hall–Kier alpha value is -2.87. The first-order valence-corrected chi connectivity index (χ1v) is 9.40. The van der Waals surface area contributed by atoms with E-state index in [4.69, 9.17) is 9.15 Å². The van der Waals surface area contributed by atoms with Crippen LogP contribution in [0.5, 0.6) is 0 Å². The van der Waals surface area contributed by atoms with Crippen molar-refractivity contribution in [2.24, 2.45) is 0 Å². The van der Waals surface area contributed by atoms with Crippen LogP contribution < -0.4 is 5.32 Å². The normalized spacial score (nSPS) is 10.9. The second-order valence-corrected chi connectivity index (χ2v) is 7.02. The number of thiazole rings is 1. The van der Waals surface area contributed by atoms with Crippen molar-refractivity contribution in [3.8, 4) is 11.3 Å². The van der Waals surface area contributed by atoms with Gasteiger partial charge in [-0.05, 0) is 46.2 Å². The smallest absolute Gasteiger partial charge is 0.340 e. The number of carbonyl (C=O) groups is 2. The van der Waals surface area contributed by atoms with Crippen LogP contribution in [-0.2, 0) is 4.74 Å². The first kappa shape index (κ1) is 18.9. The van der Waals surface area contributed by atoms with Crippen molar-refractivity contribution in [2.75, 3.05) is 11.9 Å². The number of esters is 1. The predicted molar refractivity (Wildman–Crippen MR) is 103 cm³/mol. The molecule has 0 aliphatic rings. The molecule has 0 radical (unpaired) electrons. The number of rotatable bonds is 5. The molecule has 0 aliphatic carbocycles. The number of anilines is 1. The van der Waals surface area contributed by atoms with Crippen molar-refractivity contribution < 1.29 is 18.7 Å². The van der Waals surface area contributed by atoms with Crippen LogP contribution in [0.15, 0.2) is 15.9 Å². The molecule has 3 heterocycles. The fraction of sp³-hybridized carbons (Fsp3) is 0.316. The van der Waals surface area contributed by atoms with Crippen LogP contribution in [0.2, 0.25) is 0 Å². The molecular formula is C19H21N3O4S. The third-order valence-corrected chi connectivity index (χ3v) is 4.94. The molecule has 0 bridgehead atoms. The molecular weight excluding hydrogens is 366 g/mol. The Morgan fingerprint density at radius 3 is 2.67 bits per heavy atom. The summed E-state index contributed by atoms with van der Waals surface area (Å²) < 4.78 is 10.6. The molecule has 0 aromatic carbocycles. The largest absolute Gasteiger partial charge is 0.466 e. The van der Waals surface area contributed by atoms with Crippen LogP contribution in [0.3, 0.4) is 0 Å². The number of carbonyl (C=O) groups excluding carboxylic acids is 2. The summed E-state index contributed by atoms with van der Waals surface area (Å²) in [5.41, 5.74) is 3.52. The molecule has 3 aromatic rings. The Balaban J connectivity index is 1.82. The second-order valence-electron chi connectivity index (χ2n) is 6.16. The number of H-pyrrole nitrogens is 1. The third kappa shape index (κ3) is 3.66. The highest BCUT2D eigenvalue weighted by Crippen LogP contribution is 2.30. The van der Waals surface area contributed by atoms with Crippen LogP contribution in [-0.4, -0.2) is 28.5 Å². The standard InChI is InChI=1S/C19H21N3O4S/c1-6-25-18(24)15-10(3)16(20-11(15)4)17(23)22-19-21-14(8-27-19)13-7-9(2)26-12(13)5/h7-8,20H,6H2,1-5H3,(H,21,22,23). The summed E-state index contributed by atoms with van der Waals surface area (Å²) in [7, 11) is 0. The zero-order valence-corrected chi connectivity index (χ0v) is 16.7. The van der Waals surface area contributed by atoms with Gasteiger partial charge in [0.1, 0.15) is 17.2 Å². The molecule has 0 unspecified atom stereocenters. The van der Waals surface area contributed by atoms with Crippen molar-refractivity contribution in [2.45, 2.75) is 34.6 Å². The lowest BCUT2D eigenvalue weighted by molar-refractivity contribution is 0.0525. The van der Waals surface area contributed by atoms with E-state index in [9.17, 15) is 9.59 Å². The van der Waals surface area contributed by atoms with E-state index in [-0.39, 0.29) is 12.5 Å². The Bertz CT molecular complexity index is 1010. The fourth-order valence-electron chi connectivity index (χ4n) is 2.99. The monoisotopic (exact) mass is 387 g/mol. The van der Waals surface area contributed by atoms with Crippen LogP contribution in [0.25, 0.3) is 11.3 Å². The van der Waals surface area contributed by atoms with Crippen LogP contribution in [0.4, 0.5) is 5.13 Å². The summed E-state index contributed by atoms with van der Waals surface area (Å²) in [4.78, 5) is 32.2. The van der Waals surface area contributed by atoms with Gasteiger partial charge in [-0.2, -0.15) is 0 Å². The molecule has 0 atom stereocenters. The highest BCUT2D eigenvalue weighted by Gasteiger charge is 2.23. The quantitative estimate of drug-likeness (QED) is 0.633. The van der Waals surface area contributed by atoms with Crippen LogP contribution in [0, 0.1) is 27.7 Å². The first-order valence-electron chi connectivity index (χ1n) is 8.52. The van der Waals surface area contributed by atoms with Gasteiger partial charge in [0, 0.05) is 16.6 Å². The highest BCUT2D eigenvalue weighted by atomic mass is 32.1. The average molecular weight is 387 g/mol. The van der Waals surface area contributed by atoms with Crippen molar-refractivity contribution in [1.82, 2.24) is 9.97 Å². The summed E-state index contributed by atoms with van der Waals surface area (Å²) in [6.07, 6.45) is 0. The molecule has 0 saturated heterocycles. The molecule has 0 spiro atoms. The molecule has 0 aliphatic heterocycles. The summed E-state index contributed by atoms with van der Waals surface area (Å²) in [5.74, 6) is 0.799. The van der Waals surface area contributed by atoms with Crippen LogP contribution >= 0.6 is 11.3 Å². The Morgan fingerprint density at radius 2 is 2.04 bits per heavy atom. The number of amides is 1. The average Bonchev–Trinajstić information content (AvgIpc) is 3.25. The lowest BCUT2D eigenvalue weighted by Crippen LogP contribution is -2.14. The highest BCUT2D eigenvalue weighted by molar-refractivity contribution is 7.14. The molecule has 3 rings (SSSR count). The van der Waals surface area contributed by atoms with E-state index < -0.39 is 5.97 Å². The molecule has 8 heteroatoms. The number of hydrogen-bond acceptors (Lipinski definition) is 6. The number of aromatic nitrogens is 2. The van der Waals surface area contributed by atoms with E-state index in [1.54, 1.807) is 20.8 Å². The molecule has 1 amide bonds. The first-order chi connectivity index (χ1) is 12.8. The van der Waals surface area contributed by atoms with E-state index in [2.05, 4.69) is 15.3 Å². The maximum atomic E-state index is 12.7. The van der Waals surface area contributed by atoms with Gasteiger partial charge in [0.25, 0.3) is 5.91 Å². The van der Waals surface area contributed by atoms with E-state index in [1.807, 2.05) is 25.3 Å². The molecule has 3 aromatic heterocycles. The lowest BCUT2D eigenvalue weighted by atomic mass is 10.1. The lowest BCUT2D eigenvalue weighted by Gasteiger charge is -2.03.